The summed E-state index contributed by atoms with van der Waals surface area (Å²) in [4.78, 5) is 21.1. The summed E-state index contributed by atoms with van der Waals surface area (Å²) in [7, 11) is 0. The van der Waals surface area contributed by atoms with E-state index in [1.54, 1.807) is 0 Å². The molecule has 0 amide bonds. The molecule has 0 aliphatic rings. The summed E-state index contributed by atoms with van der Waals surface area (Å²) < 4.78 is 0. The van der Waals surface area contributed by atoms with Gasteiger partial charge in [-0.25, -0.2) is 4.98 Å². The fraction of sp³-hybridized carbons (Fsp3) is 0.0769. The van der Waals surface area contributed by atoms with Crippen LogP contribution < -0.4 is 5.56 Å². The monoisotopic (exact) mass is 376 g/mol. The third-order valence-corrected chi connectivity index (χ3v) is 5.33. The van der Waals surface area contributed by atoms with Crippen LogP contribution in [-0.4, -0.2) is 9.97 Å². The zero-order chi connectivity index (χ0) is 20.0. The van der Waals surface area contributed by atoms with Crippen molar-refractivity contribution in [1.82, 2.24) is 9.97 Å². The number of H-pyrrole nitrogens is 1. The number of aromatic nitrogens is 2. The molecular weight excluding hydrogens is 356 g/mol. The van der Waals surface area contributed by atoms with Crippen molar-refractivity contribution in [3.05, 3.63) is 100 Å². The Balaban J connectivity index is 1.89. The predicted octanol–water partition coefficient (Wildman–Crippen LogP) is 6.03. The van der Waals surface area contributed by atoms with Crippen LogP contribution in [0.5, 0.6) is 0 Å². The highest BCUT2D eigenvalue weighted by atomic mass is 16.1. The summed E-state index contributed by atoms with van der Waals surface area (Å²) in [6, 6.07) is 26.3. The van der Waals surface area contributed by atoms with Crippen LogP contribution in [-0.2, 0) is 0 Å². The number of rotatable bonds is 2. The first-order valence-corrected chi connectivity index (χ1v) is 9.70. The average molecular weight is 376 g/mol. The normalized spacial score (nSPS) is 11.2. The zero-order valence-electron chi connectivity index (χ0n) is 16.4. The molecule has 2 aromatic heterocycles. The van der Waals surface area contributed by atoms with Crippen molar-refractivity contribution in [1.29, 1.82) is 0 Å². The van der Waals surface area contributed by atoms with Crippen molar-refractivity contribution in [3.8, 4) is 22.4 Å². The molecule has 0 atom stereocenters. The molecule has 2 heterocycles. The third-order valence-electron chi connectivity index (χ3n) is 5.33. The lowest BCUT2D eigenvalue weighted by Gasteiger charge is -2.14. The number of aromatic amines is 1. The molecule has 0 fully saturated rings. The Morgan fingerprint density at radius 1 is 0.759 bits per heavy atom. The maximum absolute atomic E-state index is 13.2. The second-order valence-corrected chi connectivity index (χ2v) is 7.51. The van der Waals surface area contributed by atoms with E-state index in [4.69, 9.17) is 4.98 Å². The summed E-state index contributed by atoms with van der Waals surface area (Å²) in [6.07, 6.45) is 0. The van der Waals surface area contributed by atoms with Crippen LogP contribution in [0, 0.1) is 13.8 Å². The molecule has 0 bridgehead atoms. The van der Waals surface area contributed by atoms with E-state index in [-0.39, 0.29) is 5.56 Å². The second kappa shape index (κ2) is 6.71. The Morgan fingerprint density at radius 2 is 1.52 bits per heavy atom. The van der Waals surface area contributed by atoms with Crippen molar-refractivity contribution in [2.45, 2.75) is 13.8 Å². The number of nitrogens with zero attached hydrogens (tertiary/aromatic N) is 1. The Hall–Kier alpha value is -3.72. The van der Waals surface area contributed by atoms with Gasteiger partial charge in [0.25, 0.3) is 5.56 Å². The Bertz CT molecular complexity index is 1430. The summed E-state index contributed by atoms with van der Waals surface area (Å²) in [5.41, 5.74) is 7.16. The fourth-order valence-electron chi connectivity index (χ4n) is 3.94. The molecule has 3 heteroatoms. The van der Waals surface area contributed by atoms with Crippen LogP contribution in [0.4, 0.5) is 0 Å². The molecule has 5 aromatic rings. The van der Waals surface area contributed by atoms with Crippen LogP contribution in [0.3, 0.4) is 0 Å². The maximum atomic E-state index is 13.2. The molecule has 0 radical (unpaired) electrons. The predicted molar refractivity (Wildman–Crippen MR) is 120 cm³/mol. The molecule has 29 heavy (non-hydrogen) atoms. The lowest BCUT2D eigenvalue weighted by molar-refractivity contribution is 1.27. The van der Waals surface area contributed by atoms with Crippen LogP contribution >= 0.6 is 0 Å². The minimum Gasteiger partial charge on any atom is -0.321 e. The molecule has 0 spiro atoms. The van der Waals surface area contributed by atoms with E-state index in [2.05, 4.69) is 31.0 Å². The SMILES string of the molecule is Cc1ccc2nc(-c3c(-c4ccccc4)c4cc(C)ccc4[nH]c3=O)ccc2c1. The lowest BCUT2D eigenvalue weighted by Crippen LogP contribution is -2.12. The highest BCUT2D eigenvalue weighted by Crippen LogP contribution is 2.35. The number of hydrogen-bond acceptors (Lipinski definition) is 2. The minimum absolute atomic E-state index is 0.126. The van der Waals surface area contributed by atoms with Gasteiger partial charge in [0, 0.05) is 21.9 Å². The smallest absolute Gasteiger partial charge is 0.258 e. The van der Waals surface area contributed by atoms with E-state index in [1.807, 2.05) is 66.7 Å². The van der Waals surface area contributed by atoms with Gasteiger partial charge in [0.2, 0.25) is 0 Å². The molecule has 3 aromatic carbocycles. The largest absolute Gasteiger partial charge is 0.321 e. The number of nitrogens with one attached hydrogen (secondary N) is 1. The van der Waals surface area contributed by atoms with Gasteiger partial charge in [0.1, 0.15) is 0 Å². The molecule has 0 saturated carbocycles. The Morgan fingerprint density at radius 3 is 2.34 bits per heavy atom. The van der Waals surface area contributed by atoms with Gasteiger partial charge in [-0.3, -0.25) is 4.79 Å². The quantitative estimate of drug-likeness (QED) is 0.409. The maximum Gasteiger partial charge on any atom is 0.258 e. The van der Waals surface area contributed by atoms with Crippen molar-refractivity contribution < 1.29 is 0 Å². The van der Waals surface area contributed by atoms with Crippen molar-refractivity contribution in [2.24, 2.45) is 0 Å². The minimum atomic E-state index is -0.126. The number of benzene rings is 3. The van der Waals surface area contributed by atoms with E-state index in [0.29, 0.717) is 11.3 Å². The van der Waals surface area contributed by atoms with Crippen LogP contribution in [0.15, 0.2) is 83.7 Å². The van der Waals surface area contributed by atoms with Gasteiger partial charge in [0.15, 0.2) is 0 Å². The highest BCUT2D eigenvalue weighted by Gasteiger charge is 2.17. The third kappa shape index (κ3) is 3.01. The Kier molecular flexibility index (Phi) is 4.02. The Labute approximate surface area is 168 Å². The standard InChI is InChI=1S/C26H20N2O/c1-16-8-11-21-19(14-16)10-13-23(27-21)25-24(18-6-4-3-5-7-18)20-15-17(2)9-12-22(20)28-26(25)29/h3-15H,1-2H3,(H,28,29). The first-order valence-electron chi connectivity index (χ1n) is 9.70. The van der Waals surface area contributed by atoms with E-state index in [1.165, 1.54) is 5.56 Å². The average Bonchev–Trinajstić information content (AvgIpc) is 2.73. The summed E-state index contributed by atoms with van der Waals surface area (Å²) in [6.45, 7) is 4.13. The number of fused-ring (bicyclic) bond motifs is 2. The molecule has 0 saturated heterocycles. The van der Waals surface area contributed by atoms with Gasteiger partial charge in [-0.05, 0) is 49.7 Å². The number of hydrogen-bond donors (Lipinski definition) is 1. The van der Waals surface area contributed by atoms with E-state index >= 15 is 0 Å². The van der Waals surface area contributed by atoms with E-state index < -0.39 is 0 Å². The zero-order valence-corrected chi connectivity index (χ0v) is 16.4. The first-order chi connectivity index (χ1) is 14.1. The number of aryl methyl sites for hydroxylation is 2. The molecule has 3 nitrogen and oxygen atoms in total. The van der Waals surface area contributed by atoms with Crippen molar-refractivity contribution in [2.75, 3.05) is 0 Å². The first kappa shape index (κ1) is 17.4. The van der Waals surface area contributed by atoms with Crippen molar-refractivity contribution >= 4 is 21.8 Å². The van der Waals surface area contributed by atoms with Gasteiger partial charge in [-0.1, -0.05) is 59.7 Å². The lowest BCUT2D eigenvalue weighted by atomic mass is 9.93. The molecule has 0 aliphatic heterocycles. The summed E-state index contributed by atoms with van der Waals surface area (Å²) in [5.74, 6) is 0. The molecule has 5 rings (SSSR count). The molecule has 1 N–H and O–H groups in total. The highest BCUT2D eigenvalue weighted by molar-refractivity contribution is 6.02. The van der Waals surface area contributed by atoms with Gasteiger partial charge >= 0.3 is 0 Å². The molecular formula is C26H20N2O. The number of pyridine rings is 2. The summed E-state index contributed by atoms with van der Waals surface area (Å²) >= 11 is 0. The van der Waals surface area contributed by atoms with Crippen LogP contribution in [0.25, 0.3) is 44.2 Å². The van der Waals surface area contributed by atoms with Gasteiger partial charge in [-0.15, -0.1) is 0 Å². The van der Waals surface area contributed by atoms with Crippen molar-refractivity contribution in [3.63, 3.8) is 0 Å². The van der Waals surface area contributed by atoms with E-state index in [0.717, 1.165) is 38.5 Å². The van der Waals surface area contributed by atoms with E-state index in [9.17, 15) is 4.79 Å². The van der Waals surface area contributed by atoms with Crippen LogP contribution in [0.1, 0.15) is 11.1 Å². The topological polar surface area (TPSA) is 45.8 Å². The van der Waals surface area contributed by atoms with Gasteiger partial charge < -0.3 is 4.98 Å². The second-order valence-electron chi connectivity index (χ2n) is 7.51. The van der Waals surface area contributed by atoms with Gasteiger partial charge in [0.05, 0.1) is 16.8 Å². The van der Waals surface area contributed by atoms with Crippen LogP contribution in [0.2, 0.25) is 0 Å². The summed E-state index contributed by atoms with van der Waals surface area (Å²) in [5, 5.41) is 2.10. The molecule has 140 valence electrons. The molecule has 0 unspecified atom stereocenters. The molecule has 0 aliphatic carbocycles. The van der Waals surface area contributed by atoms with Gasteiger partial charge in [-0.2, -0.15) is 0 Å². The fourth-order valence-corrected chi connectivity index (χ4v) is 3.94.